The second-order valence-corrected chi connectivity index (χ2v) is 6.93. The average Bonchev–Trinajstić information content (AvgIpc) is 2.73. The molecule has 1 atom stereocenters. The largest absolute Gasteiger partial charge is 0.465 e. The van der Waals surface area contributed by atoms with Crippen LogP contribution < -0.4 is 9.64 Å². The summed E-state index contributed by atoms with van der Waals surface area (Å²) in [5.74, 6) is 0.900. The van der Waals surface area contributed by atoms with Crippen LogP contribution in [-0.2, 0) is 6.54 Å². The molecule has 3 nitrogen and oxygen atoms in total. The molecule has 0 bridgehead atoms. The van der Waals surface area contributed by atoms with Gasteiger partial charge in [0, 0.05) is 18.3 Å². The van der Waals surface area contributed by atoms with Crippen molar-refractivity contribution in [3.05, 3.63) is 102 Å². The van der Waals surface area contributed by atoms with E-state index in [0.717, 1.165) is 34.3 Å². The van der Waals surface area contributed by atoms with Crippen LogP contribution in [0.5, 0.6) is 5.75 Å². The van der Waals surface area contributed by atoms with E-state index >= 15 is 0 Å². The van der Waals surface area contributed by atoms with Crippen molar-refractivity contribution in [1.29, 1.82) is 0 Å². The normalized spacial score (nSPS) is 15.6. The van der Waals surface area contributed by atoms with Crippen LogP contribution in [0, 0.1) is 6.92 Å². The summed E-state index contributed by atoms with van der Waals surface area (Å²) in [6.45, 7) is 2.87. The average molecular weight is 352 g/mol. The third-order valence-electron chi connectivity index (χ3n) is 5.15. The molecule has 1 aromatic heterocycles. The molecule has 3 aromatic carbocycles. The van der Waals surface area contributed by atoms with Crippen LogP contribution in [-0.4, -0.2) is 4.98 Å². The SMILES string of the molecule is Cc1ccc2c3c(ccnc13)N(Cc1ccccc1)C(c1ccccc1)O2. The van der Waals surface area contributed by atoms with E-state index in [1.165, 1.54) is 11.3 Å². The molecule has 132 valence electrons. The van der Waals surface area contributed by atoms with E-state index in [0.29, 0.717) is 0 Å². The molecule has 0 saturated carbocycles. The van der Waals surface area contributed by atoms with Gasteiger partial charge in [-0.25, -0.2) is 0 Å². The first-order valence-corrected chi connectivity index (χ1v) is 9.22. The van der Waals surface area contributed by atoms with Gasteiger partial charge in [0.1, 0.15) is 5.75 Å². The molecular weight excluding hydrogens is 332 g/mol. The lowest BCUT2D eigenvalue weighted by Crippen LogP contribution is -2.35. The van der Waals surface area contributed by atoms with Gasteiger partial charge in [0.15, 0.2) is 6.23 Å². The number of benzene rings is 3. The minimum atomic E-state index is -0.174. The van der Waals surface area contributed by atoms with E-state index in [-0.39, 0.29) is 6.23 Å². The van der Waals surface area contributed by atoms with Gasteiger partial charge in [-0.1, -0.05) is 66.7 Å². The number of aryl methyl sites for hydroxylation is 1. The zero-order valence-corrected chi connectivity index (χ0v) is 15.2. The molecule has 0 N–H and O–H groups in total. The number of aromatic nitrogens is 1. The van der Waals surface area contributed by atoms with Crippen LogP contribution >= 0.6 is 0 Å². The fourth-order valence-electron chi connectivity index (χ4n) is 3.82. The standard InChI is InChI=1S/C24H20N2O/c1-17-12-13-21-22-20(14-15-25-23(17)22)26(16-18-8-4-2-5-9-18)24(27-21)19-10-6-3-7-11-19/h2-15,24H,16H2,1H3. The van der Waals surface area contributed by atoms with Gasteiger partial charge in [-0.2, -0.15) is 0 Å². The lowest BCUT2D eigenvalue weighted by molar-refractivity contribution is 0.194. The molecule has 1 aliphatic rings. The van der Waals surface area contributed by atoms with Crippen molar-refractivity contribution in [2.45, 2.75) is 19.7 Å². The Kier molecular flexibility index (Phi) is 3.79. The molecule has 0 radical (unpaired) electrons. The Morgan fingerprint density at radius 1 is 0.889 bits per heavy atom. The van der Waals surface area contributed by atoms with Crippen molar-refractivity contribution in [3.8, 4) is 5.75 Å². The molecule has 0 amide bonds. The van der Waals surface area contributed by atoms with Crippen LogP contribution in [0.1, 0.15) is 22.9 Å². The Balaban J connectivity index is 1.70. The van der Waals surface area contributed by atoms with E-state index in [1.807, 2.05) is 18.3 Å². The summed E-state index contributed by atoms with van der Waals surface area (Å²) in [6.07, 6.45) is 1.73. The van der Waals surface area contributed by atoms with Gasteiger partial charge < -0.3 is 9.64 Å². The number of rotatable bonds is 3. The van der Waals surface area contributed by atoms with Crippen LogP contribution in [0.2, 0.25) is 0 Å². The molecule has 27 heavy (non-hydrogen) atoms. The van der Waals surface area contributed by atoms with Crippen LogP contribution in [0.4, 0.5) is 5.69 Å². The molecule has 0 aliphatic carbocycles. The molecule has 0 spiro atoms. The Morgan fingerprint density at radius 2 is 1.63 bits per heavy atom. The molecule has 0 fully saturated rings. The van der Waals surface area contributed by atoms with Crippen LogP contribution in [0.15, 0.2) is 85.1 Å². The molecule has 3 heteroatoms. The molecular formula is C24H20N2O. The summed E-state index contributed by atoms with van der Waals surface area (Å²) >= 11 is 0. The molecule has 1 unspecified atom stereocenters. The summed E-state index contributed by atoms with van der Waals surface area (Å²) in [5, 5.41) is 1.10. The van der Waals surface area contributed by atoms with E-state index in [9.17, 15) is 0 Å². The van der Waals surface area contributed by atoms with Gasteiger partial charge in [0.2, 0.25) is 0 Å². The van der Waals surface area contributed by atoms with Crippen molar-refractivity contribution in [2.24, 2.45) is 0 Å². The summed E-state index contributed by atoms with van der Waals surface area (Å²) < 4.78 is 6.52. The number of nitrogens with zero attached hydrogens (tertiary/aromatic N) is 2. The Bertz CT molecular complexity index is 1090. The number of ether oxygens (including phenoxy) is 1. The predicted octanol–water partition coefficient (Wildman–Crippen LogP) is 5.64. The number of hydrogen-bond acceptors (Lipinski definition) is 3. The first kappa shape index (κ1) is 15.9. The summed E-state index contributed by atoms with van der Waals surface area (Å²) in [5.41, 5.74) is 5.74. The third kappa shape index (κ3) is 2.72. The molecule has 5 rings (SSSR count). The highest BCUT2D eigenvalue weighted by molar-refractivity contribution is 5.99. The van der Waals surface area contributed by atoms with Gasteiger partial charge in [0.05, 0.1) is 16.6 Å². The minimum Gasteiger partial charge on any atom is -0.465 e. The summed E-state index contributed by atoms with van der Waals surface area (Å²) in [4.78, 5) is 6.95. The van der Waals surface area contributed by atoms with Crippen molar-refractivity contribution < 1.29 is 4.74 Å². The van der Waals surface area contributed by atoms with E-state index in [2.05, 4.69) is 83.5 Å². The maximum atomic E-state index is 6.52. The zero-order valence-electron chi connectivity index (χ0n) is 15.2. The second-order valence-electron chi connectivity index (χ2n) is 6.93. The highest BCUT2D eigenvalue weighted by atomic mass is 16.5. The maximum Gasteiger partial charge on any atom is 0.199 e. The second kappa shape index (κ2) is 6.44. The number of pyridine rings is 1. The van der Waals surface area contributed by atoms with Crippen LogP contribution in [0.3, 0.4) is 0 Å². The number of hydrogen-bond donors (Lipinski definition) is 0. The van der Waals surface area contributed by atoms with Crippen molar-refractivity contribution in [2.75, 3.05) is 4.90 Å². The monoisotopic (exact) mass is 352 g/mol. The highest BCUT2D eigenvalue weighted by Gasteiger charge is 2.30. The third-order valence-corrected chi connectivity index (χ3v) is 5.15. The summed E-state index contributed by atoms with van der Waals surface area (Å²) in [6, 6.07) is 27.2. The van der Waals surface area contributed by atoms with Crippen LogP contribution in [0.25, 0.3) is 10.9 Å². The van der Waals surface area contributed by atoms with Crippen molar-refractivity contribution >= 4 is 16.6 Å². The predicted molar refractivity (Wildman–Crippen MR) is 109 cm³/mol. The van der Waals surface area contributed by atoms with Crippen molar-refractivity contribution in [3.63, 3.8) is 0 Å². The van der Waals surface area contributed by atoms with Gasteiger partial charge in [-0.05, 0) is 30.2 Å². The smallest absolute Gasteiger partial charge is 0.199 e. The quantitative estimate of drug-likeness (QED) is 0.477. The minimum absolute atomic E-state index is 0.174. The fourth-order valence-corrected chi connectivity index (χ4v) is 3.82. The Morgan fingerprint density at radius 3 is 2.41 bits per heavy atom. The highest BCUT2D eigenvalue weighted by Crippen LogP contribution is 2.45. The summed E-state index contributed by atoms with van der Waals surface area (Å²) in [7, 11) is 0. The number of anilines is 1. The topological polar surface area (TPSA) is 25.4 Å². The van der Waals surface area contributed by atoms with Gasteiger partial charge >= 0.3 is 0 Å². The molecule has 1 aliphatic heterocycles. The first-order chi connectivity index (χ1) is 13.3. The maximum absolute atomic E-state index is 6.52. The van der Waals surface area contributed by atoms with Gasteiger partial charge in [-0.3, -0.25) is 4.98 Å². The molecule has 0 saturated heterocycles. The Hall–Kier alpha value is -3.33. The molecule has 4 aromatic rings. The lowest BCUT2D eigenvalue weighted by Gasteiger charge is -2.39. The lowest BCUT2D eigenvalue weighted by atomic mass is 10.0. The van der Waals surface area contributed by atoms with Crippen molar-refractivity contribution in [1.82, 2.24) is 4.98 Å². The van der Waals surface area contributed by atoms with Gasteiger partial charge in [-0.15, -0.1) is 0 Å². The van der Waals surface area contributed by atoms with Gasteiger partial charge in [0.25, 0.3) is 0 Å². The zero-order chi connectivity index (χ0) is 18.2. The van der Waals surface area contributed by atoms with E-state index in [1.54, 1.807) is 0 Å². The van der Waals surface area contributed by atoms with E-state index < -0.39 is 0 Å². The van der Waals surface area contributed by atoms with E-state index in [4.69, 9.17) is 4.74 Å². The first-order valence-electron chi connectivity index (χ1n) is 9.22. The fraction of sp³-hybridized carbons (Fsp3) is 0.125. The Labute approximate surface area is 158 Å². The molecule has 2 heterocycles.